The van der Waals surface area contributed by atoms with Gasteiger partial charge in [-0.3, -0.25) is 4.99 Å². The summed E-state index contributed by atoms with van der Waals surface area (Å²) in [6, 6.07) is 5.78. The number of benzene rings is 1. The topological polar surface area (TPSA) is 71.0 Å². The zero-order valence-corrected chi connectivity index (χ0v) is 21.1. The van der Waals surface area contributed by atoms with Crippen molar-refractivity contribution in [1.29, 1.82) is 0 Å². The predicted molar refractivity (Wildman–Crippen MR) is 136 cm³/mol. The van der Waals surface area contributed by atoms with E-state index in [4.69, 9.17) is 19.5 Å². The predicted octanol–water partition coefficient (Wildman–Crippen LogP) is 4.39. The third-order valence-corrected chi connectivity index (χ3v) is 5.57. The van der Waals surface area contributed by atoms with E-state index in [1.165, 1.54) is 12.8 Å². The van der Waals surface area contributed by atoms with Crippen LogP contribution in [0.5, 0.6) is 11.5 Å². The second kappa shape index (κ2) is 12.8. The summed E-state index contributed by atoms with van der Waals surface area (Å²) < 4.78 is 11.0. The molecule has 7 nitrogen and oxygen atoms in total. The highest BCUT2D eigenvalue weighted by Gasteiger charge is 2.15. The molecule has 2 N–H and O–H groups in total. The minimum absolute atomic E-state index is 0. The molecule has 2 aromatic rings. The van der Waals surface area contributed by atoms with Gasteiger partial charge in [0, 0.05) is 49.7 Å². The van der Waals surface area contributed by atoms with E-state index in [2.05, 4.69) is 27.8 Å². The van der Waals surface area contributed by atoms with Crippen LogP contribution in [0.2, 0.25) is 0 Å². The van der Waals surface area contributed by atoms with Gasteiger partial charge in [-0.25, -0.2) is 4.98 Å². The van der Waals surface area contributed by atoms with Gasteiger partial charge in [0.25, 0.3) is 0 Å². The van der Waals surface area contributed by atoms with E-state index in [0.29, 0.717) is 18.9 Å². The van der Waals surface area contributed by atoms with Gasteiger partial charge >= 0.3 is 0 Å². The van der Waals surface area contributed by atoms with Gasteiger partial charge in [0.05, 0.1) is 19.4 Å². The second-order valence-electron chi connectivity index (χ2n) is 6.75. The number of hydrogen-bond donors (Lipinski definition) is 2. The summed E-state index contributed by atoms with van der Waals surface area (Å²) in [7, 11) is 1.64. The Morgan fingerprint density at radius 3 is 2.73 bits per heavy atom. The van der Waals surface area contributed by atoms with Gasteiger partial charge in [-0.05, 0) is 38.8 Å². The van der Waals surface area contributed by atoms with Crippen LogP contribution in [0.15, 0.2) is 28.6 Å². The highest BCUT2D eigenvalue weighted by molar-refractivity contribution is 14.0. The van der Waals surface area contributed by atoms with E-state index in [1.807, 2.05) is 25.1 Å². The van der Waals surface area contributed by atoms with E-state index < -0.39 is 0 Å². The number of anilines is 2. The molecule has 0 aliphatic carbocycles. The van der Waals surface area contributed by atoms with Crippen LogP contribution in [0.3, 0.4) is 0 Å². The smallest absolute Gasteiger partial charge is 0.195 e. The largest absolute Gasteiger partial charge is 0.493 e. The molecule has 0 radical (unpaired) electrons. The van der Waals surface area contributed by atoms with Crippen LogP contribution in [-0.4, -0.2) is 50.8 Å². The summed E-state index contributed by atoms with van der Waals surface area (Å²) in [5.41, 5.74) is 2.01. The van der Waals surface area contributed by atoms with Crippen molar-refractivity contribution >= 4 is 52.1 Å². The molecule has 0 amide bonds. The summed E-state index contributed by atoms with van der Waals surface area (Å²) in [4.78, 5) is 11.9. The maximum atomic E-state index is 5.66. The van der Waals surface area contributed by atoms with Crippen LogP contribution in [0, 0.1) is 0 Å². The molecule has 1 aromatic carbocycles. The van der Waals surface area contributed by atoms with E-state index in [0.717, 1.165) is 54.3 Å². The summed E-state index contributed by atoms with van der Waals surface area (Å²) in [6.45, 7) is 8.32. The highest BCUT2D eigenvalue weighted by Crippen LogP contribution is 2.30. The Morgan fingerprint density at radius 1 is 1.23 bits per heavy atom. The highest BCUT2D eigenvalue weighted by atomic mass is 127. The summed E-state index contributed by atoms with van der Waals surface area (Å²) >= 11 is 1.74. The number of halogens is 1. The molecule has 3 rings (SSSR count). The first-order valence-electron chi connectivity index (χ1n) is 10.3. The van der Waals surface area contributed by atoms with Crippen LogP contribution in [0.4, 0.5) is 10.8 Å². The Kier molecular flexibility index (Phi) is 10.5. The summed E-state index contributed by atoms with van der Waals surface area (Å²) in [5.74, 6) is 2.18. The fourth-order valence-electron chi connectivity index (χ4n) is 3.21. The lowest BCUT2D eigenvalue weighted by atomic mass is 10.2. The van der Waals surface area contributed by atoms with Crippen molar-refractivity contribution in [3.63, 3.8) is 0 Å². The van der Waals surface area contributed by atoms with Gasteiger partial charge in [-0.15, -0.1) is 35.3 Å². The Balaban J connectivity index is 0.00000320. The maximum Gasteiger partial charge on any atom is 0.195 e. The molecule has 9 heteroatoms. The number of methoxy groups -OCH3 is 1. The van der Waals surface area contributed by atoms with Crippen LogP contribution in [-0.2, 0) is 6.42 Å². The first-order chi connectivity index (χ1) is 14.2. The lowest BCUT2D eigenvalue weighted by Gasteiger charge is -2.14. The van der Waals surface area contributed by atoms with Gasteiger partial charge in [-0.1, -0.05) is 0 Å². The van der Waals surface area contributed by atoms with Crippen molar-refractivity contribution in [2.75, 3.05) is 50.1 Å². The van der Waals surface area contributed by atoms with Gasteiger partial charge in [0.1, 0.15) is 0 Å². The number of hydrogen-bond acceptors (Lipinski definition) is 6. The summed E-state index contributed by atoms with van der Waals surface area (Å²) in [6.07, 6.45) is 3.37. The molecule has 0 atom stereocenters. The molecule has 0 bridgehead atoms. The second-order valence-corrected chi connectivity index (χ2v) is 7.59. The van der Waals surface area contributed by atoms with Crippen molar-refractivity contribution < 1.29 is 9.47 Å². The average Bonchev–Trinajstić information content (AvgIpc) is 3.40. The Hall–Kier alpha value is -1.75. The third kappa shape index (κ3) is 6.90. The number of ether oxygens (including phenoxy) is 2. The maximum absolute atomic E-state index is 5.66. The molecule has 0 saturated carbocycles. The van der Waals surface area contributed by atoms with Crippen molar-refractivity contribution in [1.82, 2.24) is 10.3 Å². The lowest BCUT2D eigenvalue weighted by Crippen LogP contribution is -2.30. The fraction of sp³-hybridized carbons (Fsp3) is 0.524. The van der Waals surface area contributed by atoms with E-state index in [9.17, 15) is 0 Å². The molecular formula is C21H32IN5O2S. The normalized spacial score (nSPS) is 13.7. The molecule has 30 heavy (non-hydrogen) atoms. The SMILES string of the molecule is CCNC(=NCCc1csc(N2CCCC2)n1)Nc1ccc(OC)c(OCC)c1.I. The fourth-order valence-corrected chi connectivity index (χ4v) is 4.13. The Labute approximate surface area is 200 Å². The number of thiazole rings is 1. The lowest BCUT2D eigenvalue weighted by molar-refractivity contribution is 0.311. The molecule has 1 aromatic heterocycles. The number of aliphatic imine (C=N–C) groups is 1. The van der Waals surface area contributed by atoms with Crippen molar-refractivity contribution in [3.8, 4) is 11.5 Å². The molecule has 166 valence electrons. The quantitative estimate of drug-likeness (QED) is 0.277. The molecule has 0 spiro atoms. The standard InChI is InChI=1S/C21H31N5O2S.HI/c1-4-22-20(24-16-8-9-18(27-3)19(14-16)28-5-2)23-11-10-17-15-29-21(25-17)26-12-6-7-13-26;/h8-9,14-15H,4-7,10-13H2,1-3H3,(H2,22,23,24);1H. The summed E-state index contributed by atoms with van der Waals surface area (Å²) in [5, 5.41) is 9.93. The van der Waals surface area contributed by atoms with Crippen molar-refractivity contribution in [3.05, 3.63) is 29.3 Å². The number of nitrogens with zero attached hydrogens (tertiary/aromatic N) is 3. The molecule has 1 aliphatic rings. The number of nitrogens with one attached hydrogen (secondary N) is 2. The number of guanidine groups is 1. The van der Waals surface area contributed by atoms with Crippen molar-refractivity contribution in [2.24, 2.45) is 4.99 Å². The first kappa shape index (κ1) is 24.5. The van der Waals surface area contributed by atoms with Crippen molar-refractivity contribution in [2.45, 2.75) is 33.1 Å². The third-order valence-electron chi connectivity index (χ3n) is 4.62. The minimum Gasteiger partial charge on any atom is -0.493 e. The van der Waals surface area contributed by atoms with Crippen LogP contribution in [0.25, 0.3) is 0 Å². The monoisotopic (exact) mass is 545 g/mol. The zero-order valence-electron chi connectivity index (χ0n) is 17.9. The average molecular weight is 545 g/mol. The van der Waals surface area contributed by atoms with Gasteiger partial charge in [0.2, 0.25) is 0 Å². The van der Waals surface area contributed by atoms with Crippen LogP contribution in [0.1, 0.15) is 32.4 Å². The van der Waals surface area contributed by atoms with E-state index >= 15 is 0 Å². The first-order valence-corrected chi connectivity index (χ1v) is 11.2. The number of aromatic nitrogens is 1. The van der Waals surface area contributed by atoms with E-state index in [-0.39, 0.29) is 24.0 Å². The molecule has 1 saturated heterocycles. The molecule has 0 unspecified atom stereocenters. The molecular weight excluding hydrogens is 513 g/mol. The van der Waals surface area contributed by atoms with Crippen LogP contribution >= 0.6 is 35.3 Å². The molecule has 2 heterocycles. The van der Waals surface area contributed by atoms with Gasteiger partial charge < -0.3 is 25.0 Å². The van der Waals surface area contributed by atoms with Gasteiger partial charge in [0.15, 0.2) is 22.6 Å². The van der Waals surface area contributed by atoms with Crippen LogP contribution < -0.4 is 25.0 Å². The van der Waals surface area contributed by atoms with E-state index in [1.54, 1.807) is 18.4 Å². The molecule has 1 aliphatic heterocycles. The molecule has 1 fully saturated rings. The van der Waals surface area contributed by atoms with Gasteiger partial charge in [-0.2, -0.15) is 0 Å². The number of rotatable bonds is 9. The minimum atomic E-state index is 0. The Morgan fingerprint density at radius 2 is 2.03 bits per heavy atom. The Bertz CT molecular complexity index is 808. The zero-order chi connectivity index (χ0) is 20.5.